The van der Waals surface area contributed by atoms with Crippen LogP contribution in [0.2, 0.25) is 0 Å². The number of ether oxygens (including phenoxy) is 2. The molecule has 1 aromatic carbocycles. The molecule has 3 atom stereocenters. The van der Waals surface area contributed by atoms with E-state index in [2.05, 4.69) is 6.92 Å². The predicted octanol–water partition coefficient (Wildman–Crippen LogP) is 6.09. The van der Waals surface area contributed by atoms with Crippen LogP contribution in [0.4, 0.5) is 0 Å². The molecule has 0 aliphatic carbocycles. The summed E-state index contributed by atoms with van der Waals surface area (Å²) in [6, 6.07) is 9.90. The molecule has 4 nitrogen and oxygen atoms in total. The Labute approximate surface area is 177 Å². The fourth-order valence-electron chi connectivity index (χ4n) is 3.91. The molecule has 2 rings (SSSR count). The standard InChI is InChI=1S/C25H42O4/c1-2-3-4-5-6-7-8-9-10-11-12-13-17-20-23(25(27)24(26)29-25)28-21-22-18-15-14-16-19-22/h14-16,18-19,23-24,26-27H,2-13,17,20-21H2,1H3. The first-order valence-corrected chi connectivity index (χ1v) is 11.9. The molecule has 0 aromatic heterocycles. The van der Waals surface area contributed by atoms with Gasteiger partial charge in [0.05, 0.1) is 6.61 Å². The van der Waals surface area contributed by atoms with Crippen molar-refractivity contribution < 1.29 is 19.7 Å². The smallest absolute Gasteiger partial charge is 0.247 e. The van der Waals surface area contributed by atoms with Crippen molar-refractivity contribution in [1.29, 1.82) is 0 Å². The number of aliphatic hydroxyl groups excluding tert-OH is 1. The highest BCUT2D eigenvalue weighted by atomic mass is 16.8. The topological polar surface area (TPSA) is 62.2 Å². The van der Waals surface area contributed by atoms with Gasteiger partial charge in [-0.25, -0.2) is 0 Å². The highest BCUT2D eigenvalue weighted by Crippen LogP contribution is 2.39. The molecule has 1 aliphatic heterocycles. The van der Waals surface area contributed by atoms with Gasteiger partial charge in [-0.1, -0.05) is 121 Å². The van der Waals surface area contributed by atoms with Crippen LogP contribution in [0.15, 0.2) is 30.3 Å². The molecule has 1 heterocycles. The van der Waals surface area contributed by atoms with Crippen LogP contribution in [0, 0.1) is 0 Å². The molecule has 29 heavy (non-hydrogen) atoms. The van der Waals surface area contributed by atoms with Crippen LogP contribution in [-0.4, -0.2) is 28.4 Å². The maximum Gasteiger partial charge on any atom is 0.247 e. The molecule has 0 spiro atoms. The van der Waals surface area contributed by atoms with Crippen LogP contribution >= 0.6 is 0 Å². The fourth-order valence-corrected chi connectivity index (χ4v) is 3.91. The quantitative estimate of drug-likeness (QED) is 0.229. The van der Waals surface area contributed by atoms with Gasteiger partial charge >= 0.3 is 0 Å². The van der Waals surface area contributed by atoms with Gasteiger partial charge in [-0.15, -0.1) is 0 Å². The summed E-state index contributed by atoms with van der Waals surface area (Å²) >= 11 is 0. The van der Waals surface area contributed by atoms with Crippen molar-refractivity contribution in [3.63, 3.8) is 0 Å². The molecule has 166 valence electrons. The van der Waals surface area contributed by atoms with Crippen LogP contribution in [-0.2, 0) is 16.1 Å². The lowest BCUT2D eigenvalue weighted by atomic mass is 10.0. The molecule has 1 aliphatic rings. The summed E-state index contributed by atoms with van der Waals surface area (Å²) in [5, 5.41) is 19.9. The van der Waals surface area contributed by atoms with Gasteiger partial charge in [-0.2, -0.15) is 0 Å². The Balaban J connectivity index is 1.49. The minimum absolute atomic E-state index is 0.419. The minimum atomic E-state index is -1.52. The average molecular weight is 407 g/mol. The van der Waals surface area contributed by atoms with E-state index in [0.29, 0.717) is 13.0 Å². The summed E-state index contributed by atoms with van der Waals surface area (Å²) in [5.41, 5.74) is 1.06. The van der Waals surface area contributed by atoms with E-state index in [1.807, 2.05) is 30.3 Å². The second kappa shape index (κ2) is 14.1. The molecular weight excluding hydrogens is 364 g/mol. The van der Waals surface area contributed by atoms with Crippen molar-refractivity contribution in [2.24, 2.45) is 0 Å². The lowest BCUT2D eigenvalue weighted by Crippen LogP contribution is -2.34. The van der Waals surface area contributed by atoms with E-state index in [-0.39, 0.29) is 0 Å². The van der Waals surface area contributed by atoms with E-state index in [9.17, 15) is 10.2 Å². The summed E-state index contributed by atoms with van der Waals surface area (Å²) in [4.78, 5) is 0. The Morgan fingerprint density at radius 2 is 1.34 bits per heavy atom. The van der Waals surface area contributed by atoms with Gasteiger partial charge in [0.1, 0.15) is 6.10 Å². The molecule has 1 fully saturated rings. The van der Waals surface area contributed by atoms with E-state index in [4.69, 9.17) is 9.47 Å². The molecule has 3 unspecified atom stereocenters. The third kappa shape index (κ3) is 9.61. The zero-order valence-corrected chi connectivity index (χ0v) is 18.4. The van der Waals surface area contributed by atoms with Crippen LogP contribution < -0.4 is 0 Å². The third-order valence-electron chi connectivity index (χ3n) is 5.92. The summed E-state index contributed by atoms with van der Waals surface area (Å²) in [7, 11) is 0. The normalized spacial score (nSPS) is 22.0. The van der Waals surface area contributed by atoms with Crippen LogP contribution in [0.5, 0.6) is 0 Å². The Kier molecular flexibility index (Phi) is 11.9. The Morgan fingerprint density at radius 3 is 1.83 bits per heavy atom. The number of rotatable bonds is 18. The van der Waals surface area contributed by atoms with Gasteiger partial charge in [0.15, 0.2) is 0 Å². The first-order chi connectivity index (χ1) is 14.2. The number of epoxide rings is 1. The Bertz CT molecular complexity index is 521. The van der Waals surface area contributed by atoms with E-state index in [1.54, 1.807) is 0 Å². The molecule has 2 N–H and O–H groups in total. The molecule has 0 radical (unpaired) electrons. The lowest BCUT2D eigenvalue weighted by molar-refractivity contribution is -0.117. The van der Waals surface area contributed by atoms with Crippen LogP contribution in [0.25, 0.3) is 0 Å². The van der Waals surface area contributed by atoms with Crippen molar-refractivity contribution in [3.8, 4) is 0 Å². The minimum Gasteiger partial charge on any atom is -0.368 e. The maximum absolute atomic E-state index is 10.3. The summed E-state index contributed by atoms with van der Waals surface area (Å²) < 4.78 is 10.9. The monoisotopic (exact) mass is 406 g/mol. The SMILES string of the molecule is CCCCCCCCCCCCCCCC(OCc1ccccc1)C1(O)OC1O. The van der Waals surface area contributed by atoms with Crippen molar-refractivity contribution in [3.05, 3.63) is 35.9 Å². The third-order valence-corrected chi connectivity index (χ3v) is 5.92. The second-order valence-electron chi connectivity index (χ2n) is 8.54. The first-order valence-electron chi connectivity index (χ1n) is 11.9. The van der Waals surface area contributed by atoms with Gasteiger partial charge in [-0.3, -0.25) is 0 Å². The number of hydrogen-bond donors (Lipinski definition) is 2. The molecule has 1 saturated heterocycles. The van der Waals surface area contributed by atoms with Gasteiger partial charge in [0, 0.05) is 0 Å². The molecular formula is C25H42O4. The van der Waals surface area contributed by atoms with E-state index < -0.39 is 18.2 Å². The van der Waals surface area contributed by atoms with Crippen molar-refractivity contribution in [2.75, 3.05) is 0 Å². The average Bonchev–Trinajstić information content (AvgIpc) is 3.35. The number of benzene rings is 1. The lowest BCUT2D eigenvalue weighted by Gasteiger charge is -2.20. The van der Waals surface area contributed by atoms with E-state index in [1.165, 1.54) is 70.6 Å². The van der Waals surface area contributed by atoms with Crippen molar-refractivity contribution in [1.82, 2.24) is 0 Å². The van der Waals surface area contributed by atoms with Gasteiger partial charge < -0.3 is 19.7 Å². The predicted molar refractivity (Wildman–Crippen MR) is 117 cm³/mol. The largest absolute Gasteiger partial charge is 0.368 e. The van der Waals surface area contributed by atoms with Crippen LogP contribution in [0.3, 0.4) is 0 Å². The highest BCUT2D eigenvalue weighted by Gasteiger charge is 2.61. The zero-order valence-electron chi connectivity index (χ0n) is 18.4. The number of hydrogen-bond acceptors (Lipinski definition) is 4. The summed E-state index contributed by atoms with van der Waals surface area (Å²) in [5.74, 6) is -1.52. The summed E-state index contributed by atoms with van der Waals surface area (Å²) in [6.45, 7) is 2.69. The van der Waals surface area contributed by atoms with Gasteiger partial charge in [0.2, 0.25) is 12.1 Å². The Morgan fingerprint density at radius 1 is 0.862 bits per heavy atom. The molecule has 0 bridgehead atoms. The highest BCUT2D eigenvalue weighted by molar-refractivity contribution is 5.13. The van der Waals surface area contributed by atoms with E-state index in [0.717, 1.165) is 18.4 Å². The van der Waals surface area contributed by atoms with Gasteiger partial charge in [0.25, 0.3) is 0 Å². The molecule has 1 aromatic rings. The second-order valence-corrected chi connectivity index (χ2v) is 8.54. The maximum atomic E-state index is 10.3. The molecule has 0 saturated carbocycles. The van der Waals surface area contributed by atoms with Gasteiger partial charge in [-0.05, 0) is 12.0 Å². The molecule has 0 amide bonds. The van der Waals surface area contributed by atoms with Crippen molar-refractivity contribution in [2.45, 2.75) is 122 Å². The Hall–Kier alpha value is -0.940. The van der Waals surface area contributed by atoms with Crippen LogP contribution in [0.1, 0.15) is 102 Å². The first kappa shape index (κ1) is 24.3. The van der Waals surface area contributed by atoms with Crippen molar-refractivity contribution >= 4 is 0 Å². The number of unbranched alkanes of at least 4 members (excludes halogenated alkanes) is 12. The summed E-state index contributed by atoms with van der Waals surface area (Å²) in [6.07, 6.45) is 16.1. The number of aliphatic hydroxyl groups is 2. The fraction of sp³-hybridized carbons (Fsp3) is 0.760. The molecule has 4 heteroatoms. The van der Waals surface area contributed by atoms with E-state index >= 15 is 0 Å². The zero-order chi connectivity index (χ0) is 20.8.